The molecule has 0 aromatic heterocycles. The van der Waals surface area contributed by atoms with Gasteiger partial charge in [0.05, 0.1) is 6.10 Å². The molecule has 19 heavy (non-hydrogen) atoms. The number of aliphatic hydroxyl groups excluding tert-OH is 1. The Labute approximate surface area is 121 Å². The van der Waals surface area contributed by atoms with E-state index >= 15 is 0 Å². The van der Waals surface area contributed by atoms with E-state index in [-0.39, 0.29) is 6.10 Å². The van der Waals surface area contributed by atoms with E-state index in [1.807, 2.05) is 0 Å². The lowest BCUT2D eigenvalue weighted by Gasteiger charge is -2.34. The molecule has 0 bridgehead atoms. The molecule has 3 atom stereocenters. The maximum atomic E-state index is 10.4. The number of unbranched alkanes of at least 4 members (excludes halogenated alkanes) is 6. The summed E-state index contributed by atoms with van der Waals surface area (Å²) < 4.78 is 0. The molecule has 0 heterocycles. The van der Waals surface area contributed by atoms with Crippen LogP contribution in [-0.4, -0.2) is 11.2 Å². The van der Waals surface area contributed by atoms with Crippen LogP contribution in [0.4, 0.5) is 0 Å². The van der Waals surface area contributed by atoms with Crippen molar-refractivity contribution >= 4 is 0 Å². The highest BCUT2D eigenvalue weighted by molar-refractivity contribution is 4.79. The summed E-state index contributed by atoms with van der Waals surface area (Å²) in [6.07, 6.45) is 14.3. The van der Waals surface area contributed by atoms with Crippen molar-refractivity contribution in [1.82, 2.24) is 0 Å². The van der Waals surface area contributed by atoms with Gasteiger partial charge in [-0.3, -0.25) is 0 Å². The lowest BCUT2D eigenvalue weighted by molar-refractivity contribution is 0.0479. The zero-order chi connectivity index (χ0) is 14.1. The van der Waals surface area contributed by atoms with Gasteiger partial charge in [-0.1, -0.05) is 65.7 Å². The summed E-state index contributed by atoms with van der Waals surface area (Å²) in [5.41, 5.74) is 0. The Bertz CT molecular complexity index is 204. The molecule has 1 N–H and O–H groups in total. The first-order valence-corrected chi connectivity index (χ1v) is 8.81. The van der Waals surface area contributed by atoms with Crippen molar-refractivity contribution in [2.45, 2.75) is 97.5 Å². The third kappa shape index (κ3) is 7.34. The third-order valence-corrected chi connectivity index (χ3v) is 4.86. The van der Waals surface area contributed by atoms with Crippen LogP contribution < -0.4 is 0 Å². The average Bonchev–Trinajstić information content (AvgIpc) is 2.36. The van der Waals surface area contributed by atoms with Crippen LogP contribution in [0.1, 0.15) is 91.4 Å². The Morgan fingerprint density at radius 1 is 0.842 bits per heavy atom. The maximum absolute atomic E-state index is 10.4. The number of aliphatic hydroxyl groups is 1. The van der Waals surface area contributed by atoms with Gasteiger partial charge in [0, 0.05) is 0 Å². The second-order valence-corrected chi connectivity index (χ2v) is 7.15. The Hall–Kier alpha value is -0.0400. The van der Waals surface area contributed by atoms with Crippen LogP contribution in [0.15, 0.2) is 0 Å². The third-order valence-electron chi connectivity index (χ3n) is 4.86. The summed E-state index contributed by atoms with van der Waals surface area (Å²) in [5, 5.41) is 10.4. The first-order valence-electron chi connectivity index (χ1n) is 8.81. The van der Waals surface area contributed by atoms with Gasteiger partial charge in [0.25, 0.3) is 0 Å². The molecule has 1 aliphatic rings. The van der Waals surface area contributed by atoms with E-state index in [9.17, 15) is 5.11 Å². The average molecular weight is 268 g/mol. The van der Waals surface area contributed by atoms with Crippen LogP contribution in [0.2, 0.25) is 0 Å². The summed E-state index contributed by atoms with van der Waals surface area (Å²) in [7, 11) is 0. The highest BCUT2D eigenvalue weighted by atomic mass is 16.3. The molecular weight excluding hydrogens is 232 g/mol. The van der Waals surface area contributed by atoms with Crippen LogP contribution >= 0.6 is 0 Å². The van der Waals surface area contributed by atoms with Crippen LogP contribution in [0.25, 0.3) is 0 Å². The molecule has 0 amide bonds. The highest BCUT2D eigenvalue weighted by Crippen LogP contribution is 2.35. The zero-order valence-corrected chi connectivity index (χ0v) is 13.5. The molecule has 0 saturated heterocycles. The fourth-order valence-electron chi connectivity index (χ4n) is 3.87. The lowest BCUT2D eigenvalue weighted by Crippen LogP contribution is -2.29. The second-order valence-electron chi connectivity index (χ2n) is 7.15. The van der Waals surface area contributed by atoms with E-state index < -0.39 is 0 Å². The van der Waals surface area contributed by atoms with Crippen LogP contribution in [-0.2, 0) is 0 Å². The molecule has 0 aromatic rings. The van der Waals surface area contributed by atoms with Crippen molar-refractivity contribution in [2.75, 3.05) is 0 Å². The highest BCUT2D eigenvalue weighted by Gasteiger charge is 2.28. The van der Waals surface area contributed by atoms with Crippen LogP contribution in [0.5, 0.6) is 0 Å². The Morgan fingerprint density at radius 3 is 1.95 bits per heavy atom. The largest absolute Gasteiger partial charge is 0.393 e. The van der Waals surface area contributed by atoms with Crippen molar-refractivity contribution in [2.24, 2.45) is 17.8 Å². The summed E-state index contributed by atoms with van der Waals surface area (Å²) in [6.45, 7) is 6.97. The van der Waals surface area contributed by atoms with Gasteiger partial charge in [-0.25, -0.2) is 0 Å². The van der Waals surface area contributed by atoms with E-state index in [1.54, 1.807) is 0 Å². The smallest absolute Gasteiger partial charge is 0.0568 e. The molecule has 1 aliphatic carbocycles. The van der Waals surface area contributed by atoms with E-state index in [4.69, 9.17) is 0 Å². The minimum absolute atomic E-state index is 0.0270. The molecule has 3 unspecified atom stereocenters. The van der Waals surface area contributed by atoms with Gasteiger partial charge in [0.15, 0.2) is 0 Å². The molecule has 0 aromatic carbocycles. The second kappa shape index (κ2) is 9.80. The summed E-state index contributed by atoms with van der Waals surface area (Å²) >= 11 is 0. The molecule has 1 saturated carbocycles. The Kier molecular flexibility index (Phi) is 8.77. The zero-order valence-electron chi connectivity index (χ0n) is 13.5. The van der Waals surface area contributed by atoms with Gasteiger partial charge in [0.1, 0.15) is 0 Å². The van der Waals surface area contributed by atoms with Crippen molar-refractivity contribution in [3.8, 4) is 0 Å². The first kappa shape index (κ1) is 17.0. The number of hydrogen-bond acceptors (Lipinski definition) is 1. The molecule has 0 aliphatic heterocycles. The molecule has 1 heteroatoms. The molecule has 1 rings (SSSR count). The summed E-state index contributed by atoms with van der Waals surface area (Å²) in [5.74, 6) is 2.22. The standard InChI is InChI=1S/C18H36O/c1-4-5-6-7-8-9-10-11-18(19)17-13-15(2)12-16(3)14-17/h15-19H,4-14H2,1-3H3. The Morgan fingerprint density at radius 2 is 1.37 bits per heavy atom. The van der Waals surface area contributed by atoms with Gasteiger partial charge < -0.3 is 5.11 Å². The van der Waals surface area contributed by atoms with Crippen molar-refractivity contribution in [1.29, 1.82) is 0 Å². The molecule has 1 fully saturated rings. The van der Waals surface area contributed by atoms with Crippen molar-refractivity contribution < 1.29 is 5.11 Å². The summed E-state index contributed by atoms with van der Waals surface area (Å²) in [6, 6.07) is 0. The Balaban J connectivity index is 2.05. The first-order chi connectivity index (χ1) is 9.13. The van der Waals surface area contributed by atoms with Gasteiger partial charge in [-0.2, -0.15) is 0 Å². The molecule has 114 valence electrons. The molecule has 1 nitrogen and oxygen atoms in total. The predicted molar refractivity (Wildman–Crippen MR) is 84.3 cm³/mol. The van der Waals surface area contributed by atoms with Gasteiger partial charge in [-0.15, -0.1) is 0 Å². The molecular formula is C18H36O. The lowest BCUT2D eigenvalue weighted by atomic mass is 9.74. The SMILES string of the molecule is CCCCCCCCCC(O)C1CC(C)CC(C)C1. The summed E-state index contributed by atoms with van der Waals surface area (Å²) in [4.78, 5) is 0. The molecule has 0 spiro atoms. The van der Waals surface area contributed by atoms with Crippen molar-refractivity contribution in [3.63, 3.8) is 0 Å². The fourth-order valence-corrected chi connectivity index (χ4v) is 3.87. The van der Waals surface area contributed by atoms with E-state index in [0.717, 1.165) is 18.3 Å². The predicted octanol–water partition coefficient (Wildman–Crippen LogP) is 5.56. The minimum atomic E-state index is -0.0270. The van der Waals surface area contributed by atoms with Crippen LogP contribution in [0, 0.1) is 17.8 Å². The quantitative estimate of drug-likeness (QED) is 0.543. The van der Waals surface area contributed by atoms with E-state index in [2.05, 4.69) is 20.8 Å². The van der Waals surface area contributed by atoms with Gasteiger partial charge >= 0.3 is 0 Å². The minimum Gasteiger partial charge on any atom is -0.393 e. The normalized spacial score (nSPS) is 29.4. The van der Waals surface area contributed by atoms with Crippen LogP contribution in [0.3, 0.4) is 0 Å². The van der Waals surface area contributed by atoms with E-state index in [0.29, 0.717) is 5.92 Å². The maximum Gasteiger partial charge on any atom is 0.0568 e. The monoisotopic (exact) mass is 268 g/mol. The van der Waals surface area contributed by atoms with E-state index in [1.165, 1.54) is 64.2 Å². The van der Waals surface area contributed by atoms with Gasteiger partial charge in [0.2, 0.25) is 0 Å². The molecule has 0 radical (unpaired) electrons. The number of rotatable bonds is 9. The van der Waals surface area contributed by atoms with Gasteiger partial charge in [-0.05, 0) is 43.4 Å². The number of hydrogen-bond donors (Lipinski definition) is 1. The van der Waals surface area contributed by atoms with Crippen molar-refractivity contribution in [3.05, 3.63) is 0 Å². The topological polar surface area (TPSA) is 20.2 Å². The fraction of sp³-hybridized carbons (Fsp3) is 1.00.